The molecule has 12 rings (SSSR count). The summed E-state index contributed by atoms with van der Waals surface area (Å²) in [7, 11) is 12.1. The summed E-state index contributed by atoms with van der Waals surface area (Å²) in [5, 5.41) is 52.0. The van der Waals surface area contributed by atoms with Crippen LogP contribution in [0.25, 0.3) is 0 Å². The molecule has 4 heterocycles. The van der Waals surface area contributed by atoms with Crippen molar-refractivity contribution in [1.29, 1.82) is 0 Å². The zero-order chi connectivity index (χ0) is 105. The summed E-state index contributed by atoms with van der Waals surface area (Å²) >= 11 is 0. The van der Waals surface area contributed by atoms with Gasteiger partial charge in [-0.15, -0.1) is 0 Å². The standard InChI is InChI=1S/4C27H34N2O7/c4*1-5-36-27(33)21(12-11-18-9-7-6-8-10-18)28-17(2)25(30)29-16-20-15-24(35-4)23(34-3)14-19(20)13-22(29)26(31)32/h4*6-10,14-15,17,21-22,28H,5,11-13,16H2,1-4H3,(H,31,32)/t4*17-,21-,22-/m0000/s1. The van der Waals surface area contributed by atoms with E-state index in [2.05, 4.69) is 21.3 Å². The number of ether oxygens (including phenoxy) is 12. The molecule has 0 saturated carbocycles. The Kier molecular flexibility index (Phi) is 44.0. The smallest absolute Gasteiger partial charge is 0.326 e. The van der Waals surface area contributed by atoms with Crippen molar-refractivity contribution in [2.24, 2.45) is 0 Å². The molecule has 8 N–H and O–H groups in total. The van der Waals surface area contributed by atoms with E-state index in [4.69, 9.17) is 56.8 Å². The predicted octanol–water partition coefficient (Wildman–Crippen LogP) is 10.3. The number of hydrogen-bond acceptors (Lipinski definition) is 28. The number of aryl methyl sites for hydroxylation is 4. The Morgan fingerprint density at radius 2 is 0.431 bits per heavy atom. The van der Waals surface area contributed by atoms with E-state index < -0.39 is 144 Å². The van der Waals surface area contributed by atoms with E-state index in [1.54, 1.807) is 104 Å². The van der Waals surface area contributed by atoms with Gasteiger partial charge >= 0.3 is 47.8 Å². The SMILES string of the molecule is CCOC(=O)[C@H](CCc1ccccc1)N[C@@H](C)C(=O)N1Cc2cc(OC)c(OC)cc2C[C@H]1C(=O)O.CCOC(=O)[C@H](CCc1ccccc1)N[C@@H](C)C(=O)N1Cc2cc(OC)c(OC)cc2C[C@H]1C(=O)O.CCOC(=O)[C@H](CCc1ccccc1)N[C@@H](C)C(=O)N1Cc2cc(OC)c(OC)cc2C[C@H]1C(=O)O.CCOC(=O)[C@H](CCc1ccccc1)N[C@@H](C)C(=O)N1Cc2cc(OC)c(OC)cc2C[C@H]1C(=O)O. The van der Waals surface area contributed by atoms with Crippen LogP contribution < -0.4 is 59.2 Å². The van der Waals surface area contributed by atoms with Crippen LogP contribution in [0.1, 0.15) is 148 Å². The van der Waals surface area contributed by atoms with Crippen molar-refractivity contribution in [2.45, 2.75) is 231 Å². The zero-order valence-electron chi connectivity index (χ0n) is 84.6. The number of hydrogen-bond donors (Lipinski definition) is 8. The second kappa shape index (κ2) is 55.9. The minimum absolute atomic E-state index is 0.103. The molecule has 0 aromatic heterocycles. The lowest BCUT2D eigenvalue weighted by molar-refractivity contribution is -0.153. The minimum atomic E-state index is -1.10. The number of carboxylic acid groups (broad SMARTS) is 4. The number of nitrogens with one attached hydrogen (secondary N) is 4. The molecule has 8 aromatic rings. The highest BCUT2D eigenvalue weighted by molar-refractivity contribution is 5.92. The van der Waals surface area contributed by atoms with Crippen molar-refractivity contribution in [3.8, 4) is 46.0 Å². The molecule has 8 aromatic carbocycles. The van der Waals surface area contributed by atoms with Gasteiger partial charge in [0.15, 0.2) is 46.0 Å². The number of rotatable bonds is 44. The van der Waals surface area contributed by atoms with Gasteiger partial charge in [-0.25, -0.2) is 19.2 Å². The van der Waals surface area contributed by atoms with Crippen molar-refractivity contribution in [3.05, 3.63) is 237 Å². The molecule has 0 unspecified atom stereocenters. The lowest BCUT2D eigenvalue weighted by Gasteiger charge is -2.37. The van der Waals surface area contributed by atoms with Crippen LogP contribution in [0, 0.1) is 0 Å². The third-order valence-corrected chi connectivity index (χ3v) is 25.4. The van der Waals surface area contributed by atoms with Crippen molar-refractivity contribution >= 4 is 71.4 Å². The molecule has 0 spiro atoms. The van der Waals surface area contributed by atoms with Gasteiger partial charge in [0.25, 0.3) is 0 Å². The average molecular weight is 1990 g/mol. The molecule has 0 saturated heterocycles. The highest BCUT2D eigenvalue weighted by Crippen LogP contribution is 2.40. The molecule has 0 aliphatic carbocycles. The van der Waals surface area contributed by atoms with E-state index in [1.807, 2.05) is 121 Å². The van der Waals surface area contributed by atoms with Crippen LogP contribution in [0.2, 0.25) is 0 Å². The van der Waals surface area contributed by atoms with Crippen molar-refractivity contribution in [3.63, 3.8) is 0 Å². The number of fused-ring (bicyclic) bond motifs is 4. The number of methoxy groups -OCH3 is 8. The third-order valence-electron chi connectivity index (χ3n) is 25.4. The summed E-state index contributed by atoms with van der Waals surface area (Å²) in [6.07, 6.45) is 4.76. The number of aliphatic carboxylic acids is 4. The van der Waals surface area contributed by atoms with Gasteiger partial charge < -0.3 is 96.9 Å². The fourth-order valence-corrected chi connectivity index (χ4v) is 17.8. The Labute approximate surface area is 839 Å². The lowest BCUT2D eigenvalue weighted by Crippen LogP contribution is -2.56. The summed E-state index contributed by atoms with van der Waals surface area (Å²) in [4.78, 5) is 158. The Balaban J connectivity index is 0.000000214. The first-order chi connectivity index (χ1) is 69.1. The van der Waals surface area contributed by atoms with Gasteiger partial charge in [-0.1, -0.05) is 121 Å². The molecule has 36 nitrogen and oxygen atoms in total. The van der Waals surface area contributed by atoms with Crippen LogP contribution >= 0.6 is 0 Å². The third kappa shape index (κ3) is 30.8. The van der Waals surface area contributed by atoms with Crippen LogP contribution in [0.15, 0.2) is 170 Å². The first-order valence-corrected chi connectivity index (χ1v) is 48.1. The van der Waals surface area contributed by atoms with Crippen LogP contribution in [-0.4, -0.2) is 267 Å². The van der Waals surface area contributed by atoms with Gasteiger partial charge in [-0.2, -0.15) is 0 Å². The minimum Gasteiger partial charge on any atom is -0.493 e. The fraction of sp³-hybridized carbons (Fsp3) is 0.444. The fourth-order valence-electron chi connectivity index (χ4n) is 17.8. The van der Waals surface area contributed by atoms with Gasteiger partial charge in [0.05, 0.1) is 107 Å². The molecule has 0 fully saturated rings. The number of carbonyl (C=O) groups is 12. The van der Waals surface area contributed by atoms with Crippen molar-refractivity contribution < 1.29 is 135 Å². The quantitative estimate of drug-likeness (QED) is 0.0130. The van der Waals surface area contributed by atoms with E-state index in [-0.39, 0.29) is 78.3 Å². The van der Waals surface area contributed by atoms with E-state index in [1.165, 1.54) is 76.5 Å². The van der Waals surface area contributed by atoms with Crippen LogP contribution in [-0.2, 0) is 154 Å². The van der Waals surface area contributed by atoms with Gasteiger partial charge in [0.1, 0.15) is 48.3 Å². The Morgan fingerprint density at radius 1 is 0.271 bits per heavy atom. The molecular formula is C108H136N8O28. The van der Waals surface area contributed by atoms with Gasteiger partial charge in [-0.05, 0) is 222 Å². The summed E-state index contributed by atoms with van der Waals surface area (Å²) < 4.78 is 63.8. The topological polar surface area (TPSA) is 458 Å². The van der Waals surface area contributed by atoms with Gasteiger partial charge in [0, 0.05) is 51.9 Å². The number of nitrogens with zero attached hydrogens (tertiary/aromatic N) is 4. The maximum atomic E-state index is 13.5. The van der Waals surface area contributed by atoms with Crippen LogP contribution in [0.5, 0.6) is 46.0 Å². The second-order valence-electron chi connectivity index (χ2n) is 34.9. The maximum Gasteiger partial charge on any atom is 0.326 e. The number of carbonyl (C=O) groups excluding carboxylic acids is 8. The Morgan fingerprint density at radius 3 is 0.576 bits per heavy atom. The molecule has 144 heavy (non-hydrogen) atoms. The summed E-state index contributed by atoms with van der Waals surface area (Å²) in [5.74, 6) is -3.72. The molecule has 776 valence electrons. The molecule has 0 radical (unpaired) electrons. The van der Waals surface area contributed by atoms with Crippen molar-refractivity contribution in [1.82, 2.24) is 40.9 Å². The lowest BCUT2D eigenvalue weighted by atomic mass is 9.92. The van der Waals surface area contributed by atoms with Gasteiger partial charge in [0.2, 0.25) is 23.6 Å². The van der Waals surface area contributed by atoms with E-state index in [9.17, 15) is 78.0 Å². The number of amides is 4. The van der Waals surface area contributed by atoms with E-state index in [0.717, 1.165) is 66.8 Å². The normalized spacial score (nSPS) is 16.4. The van der Waals surface area contributed by atoms with Crippen molar-refractivity contribution in [2.75, 3.05) is 83.3 Å². The number of carboxylic acids is 4. The molecule has 4 aliphatic heterocycles. The Hall–Kier alpha value is -14.4. The van der Waals surface area contributed by atoms with Gasteiger partial charge in [-0.3, -0.25) is 59.6 Å². The molecule has 4 amide bonds. The first-order valence-electron chi connectivity index (χ1n) is 48.1. The predicted molar refractivity (Wildman–Crippen MR) is 532 cm³/mol. The summed E-state index contributed by atoms with van der Waals surface area (Å²) in [6, 6.07) is 42.8. The number of esters is 4. The molecule has 12 atom stereocenters. The van der Waals surface area contributed by atoms with Crippen LogP contribution in [0.4, 0.5) is 0 Å². The summed E-state index contributed by atoms with van der Waals surface area (Å²) in [5.41, 5.74) is 10.6. The summed E-state index contributed by atoms with van der Waals surface area (Å²) in [6.45, 7) is 14.8. The zero-order valence-corrected chi connectivity index (χ0v) is 84.6. The highest BCUT2D eigenvalue weighted by Gasteiger charge is 2.44. The maximum absolute atomic E-state index is 13.5. The molecule has 36 heteroatoms. The molecule has 0 bridgehead atoms. The monoisotopic (exact) mass is 1990 g/mol. The first kappa shape index (κ1) is 113. The highest BCUT2D eigenvalue weighted by atomic mass is 16.6. The van der Waals surface area contributed by atoms with E-state index in [0.29, 0.717) is 97.4 Å². The second-order valence-corrected chi connectivity index (χ2v) is 34.9. The number of benzene rings is 8. The van der Waals surface area contributed by atoms with Crippen LogP contribution in [0.3, 0.4) is 0 Å². The molecular weight excluding hydrogens is 1860 g/mol. The largest absolute Gasteiger partial charge is 0.493 e. The van der Waals surface area contributed by atoms with E-state index >= 15 is 0 Å². The molecule has 4 aliphatic rings. The average Bonchev–Trinajstić information content (AvgIpc) is 0.788. The Bertz CT molecular complexity index is 4980.